The highest BCUT2D eigenvalue weighted by atomic mass is 35.5. The second-order valence-electron chi connectivity index (χ2n) is 6.46. The molecule has 1 amide bonds. The van der Waals surface area contributed by atoms with Crippen LogP contribution in [0.15, 0.2) is 76.1 Å². The third-order valence-electron chi connectivity index (χ3n) is 4.44. The number of amides is 1. The van der Waals surface area contributed by atoms with E-state index in [9.17, 15) is 9.59 Å². The van der Waals surface area contributed by atoms with Gasteiger partial charge in [-0.3, -0.25) is 9.59 Å². The molecule has 150 valence electrons. The van der Waals surface area contributed by atoms with Crippen molar-refractivity contribution in [3.8, 4) is 16.8 Å². The van der Waals surface area contributed by atoms with E-state index in [-0.39, 0.29) is 28.3 Å². The van der Waals surface area contributed by atoms with Crippen LogP contribution in [0, 0.1) is 6.92 Å². The van der Waals surface area contributed by atoms with Gasteiger partial charge in [-0.05, 0) is 61.0 Å². The number of aromatic nitrogens is 2. The van der Waals surface area contributed by atoms with Crippen LogP contribution in [0.1, 0.15) is 16.2 Å². The minimum Gasteiger partial charge on any atom is -0.459 e. The number of anilines is 1. The Morgan fingerprint density at radius 1 is 1.00 bits per heavy atom. The van der Waals surface area contributed by atoms with Gasteiger partial charge >= 0.3 is 0 Å². The van der Waals surface area contributed by atoms with Crippen LogP contribution in [0.5, 0.6) is 0 Å². The highest BCUT2D eigenvalue weighted by molar-refractivity contribution is 6.30. The van der Waals surface area contributed by atoms with Gasteiger partial charge in [-0.1, -0.05) is 35.3 Å². The molecule has 6 nitrogen and oxygen atoms in total. The average molecular weight is 440 g/mol. The zero-order valence-electron chi connectivity index (χ0n) is 15.7. The van der Waals surface area contributed by atoms with Crippen LogP contribution in [0.3, 0.4) is 0 Å². The average Bonchev–Trinajstić information content (AvgIpc) is 3.28. The molecule has 2 heterocycles. The number of furan rings is 1. The fourth-order valence-corrected chi connectivity index (χ4v) is 3.24. The Balaban J connectivity index is 1.97. The van der Waals surface area contributed by atoms with Crippen molar-refractivity contribution in [1.29, 1.82) is 0 Å². The molecule has 0 aliphatic rings. The van der Waals surface area contributed by atoms with Gasteiger partial charge in [-0.2, -0.15) is 5.10 Å². The van der Waals surface area contributed by atoms with Crippen molar-refractivity contribution < 1.29 is 9.21 Å². The van der Waals surface area contributed by atoms with Crippen molar-refractivity contribution in [1.82, 2.24) is 9.78 Å². The molecule has 0 unspecified atom stereocenters. The van der Waals surface area contributed by atoms with Crippen LogP contribution in [0.25, 0.3) is 16.8 Å². The molecule has 4 rings (SSSR count). The second-order valence-corrected chi connectivity index (χ2v) is 7.34. The van der Waals surface area contributed by atoms with Gasteiger partial charge in [-0.15, -0.1) is 0 Å². The zero-order valence-corrected chi connectivity index (χ0v) is 17.2. The number of halogens is 2. The molecule has 0 aliphatic heterocycles. The minimum absolute atomic E-state index is 0.104. The summed E-state index contributed by atoms with van der Waals surface area (Å²) in [4.78, 5) is 25.8. The van der Waals surface area contributed by atoms with Crippen molar-refractivity contribution >= 4 is 34.9 Å². The predicted molar refractivity (Wildman–Crippen MR) is 117 cm³/mol. The number of carbonyl (C=O) groups is 1. The van der Waals surface area contributed by atoms with E-state index in [4.69, 9.17) is 27.6 Å². The normalized spacial score (nSPS) is 10.8. The summed E-state index contributed by atoms with van der Waals surface area (Å²) in [6, 6.07) is 16.8. The van der Waals surface area contributed by atoms with Gasteiger partial charge in [0.25, 0.3) is 5.91 Å². The third-order valence-corrected chi connectivity index (χ3v) is 4.94. The van der Waals surface area contributed by atoms with E-state index < -0.39 is 5.91 Å². The molecular weight excluding hydrogens is 425 g/mol. The first-order valence-electron chi connectivity index (χ1n) is 8.94. The van der Waals surface area contributed by atoms with Crippen LogP contribution < -0.4 is 10.7 Å². The fourth-order valence-electron chi connectivity index (χ4n) is 2.99. The monoisotopic (exact) mass is 439 g/mol. The maximum Gasteiger partial charge on any atom is 0.292 e. The molecule has 0 radical (unpaired) electrons. The third kappa shape index (κ3) is 3.87. The summed E-state index contributed by atoms with van der Waals surface area (Å²) in [6.45, 7) is 1.62. The first-order chi connectivity index (χ1) is 14.4. The summed E-state index contributed by atoms with van der Waals surface area (Å²) >= 11 is 12.0. The molecule has 0 bridgehead atoms. The lowest BCUT2D eigenvalue weighted by Crippen LogP contribution is -2.24. The first kappa shape index (κ1) is 19.9. The first-order valence-corrected chi connectivity index (χ1v) is 9.70. The fraction of sp³-hybridized carbons (Fsp3) is 0.0455. The van der Waals surface area contributed by atoms with Gasteiger partial charge in [-0.25, -0.2) is 4.68 Å². The number of nitrogens with one attached hydrogen (secondary N) is 1. The summed E-state index contributed by atoms with van der Waals surface area (Å²) in [5.41, 5.74) is 1.46. The molecule has 0 fully saturated rings. The molecule has 2 aromatic carbocycles. The Bertz CT molecular complexity index is 1260. The van der Waals surface area contributed by atoms with E-state index in [2.05, 4.69) is 10.4 Å². The molecule has 0 spiro atoms. The van der Waals surface area contributed by atoms with Gasteiger partial charge in [0.1, 0.15) is 11.5 Å². The summed E-state index contributed by atoms with van der Waals surface area (Å²) < 4.78 is 6.69. The summed E-state index contributed by atoms with van der Waals surface area (Å²) in [6.07, 6.45) is 1.40. The van der Waals surface area contributed by atoms with Crippen LogP contribution in [0.4, 0.5) is 5.82 Å². The molecule has 0 saturated heterocycles. The van der Waals surface area contributed by atoms with E-state index in [0.717, 1.165) is 0 Å². The molecule has 30 heavy (non-hydrogen) atoms. The summed E-state index contributed by atoms with van der Waals surface area (Å²) in [5, 5.41) is 8.26. The standard InChI is InChI=1S/C22H15Cl2N3O3/c1-13-20(28)19(14-4-6-15(23)7-5-14)21(25-22(29)18-3-2-12-30-18)27(26-13)17-10-8-16(24)9-11-17/h2-12H,1H3,(H,25,29). The van der Waals surface area contributed by atoms with Gasteiger partial charge in [0, 0.05) is 10.0 Å². The molecular formula is C22H15Cl2N3O3. The van der Waals surface area contributed by atoms with Crippen molar-refractivity contribution in [2.45, 2.75) is 6.92 Å². The largest absolute Gasteiger partial charge is 0.459 e. The number of rotatable bonds is 4. The van der Waals surface area contributed by atoms with Crippen LogP contribution >= 0.6 is 23.2 Å². The lowest BCUT2D eigenvalue weighted by Gasteiger charge is -2.18. The molecule has 0 aliphatic carbocycles. The topological polar surface area (TPSA) is 77.1 Å². The Morgan fingerprint density at radius 3 is 2.23 bits per heavy atom. The van der Waals surface area contributed by atoms with Crippen LogP contribution in [-0.2, 0) is 0 Å². The molecule has 0 saturated carbocycles. The quantitative estimate of drug-likeness (QED) is 0.464. The van der Waals surface area contributed by atoms with Crippen molar-refractivity contribution in [3.05, 3.63) is 98.6 Å². The summed E-state index contributed by atoms with van der Waals surface area (Å²) in [5.74, 6) is -0.202. The Morgan fingerprint density at radius 2 is 1.63 bits per heavy atom. The van der Waals surface area contributed by atoms with Crippen LogP contribution in [-0.4, -0.2) is 15.7 Å². The van der Waals surface area contributed by atoms with E-state index in [0.29, 0.717) is 21.3 Å². The van der Waals surface area contributed by atoms with E-state index >= 15 is 0 Å². The lowest BCUT2D eigenvalue weighted by molar-refractivity contribution is 0.0996. The number of aryl methyl sites for hydroxylation is 1. The van der Waals surface area contributed by atoms with E-state index in [1.165, 1.54) is 17.0 Å². The van der Waals surface area contributed by atoms with E-state index in [1.807, 2.05) is 0 Å². The smallest absolute Gasteiger partial charge is 0.292 e. The molecule has 2 aromatic heterocycles. The molecule has 8 heteroatoms. The zero-order chi connectivity index (χ0) is 21.3. The van der Waals surface area contributed by atoms with Crippen LogP contribution in [0.2, 0.25) is 10.0 Å². The Labute approximate surface area is 181 Å². The summed E-state index contributed by atoms with van der Waals surface area (Å²) in [7, 11) is 0. The number of hydrogen-bond donors (Lipinski definition) is 1. The number of hydrogen-bond acceptors (Lipinski definition) is 4. The number of nitrogens with zero attached hydrogens (tertiary/aromatic N) is 2. The van der Waals surface area contributed by atoms with Crippen molar-refractivity contribution in [2.75, 3.05) is 5.32 Å². The van der Waals surface area contributed by atoms with E-state index in [1.54, 1.807) is 61.5 Å². The van der Waals surface area contributed by atoms with Crippen molar-refractivity contribution in [2.24, 2.45) is 0 Å². The van der Waals surface area contributed by atoms with Gasteiger partial charge in [0.05, 0.1) is 17.5 Å². The van der Waals surface area contributed by atoms with Gasteiger partial charge in [0.2, 0.25) is 5.43 Å². The Kier molecular flexibility index (Phi) is 5.44. The number of carbonyl (C=O) groups excluding carboxylic acids is 1. The van der Waals surface area contributed by atoms with Crippen molar-refractivity contribution in [3.63, 3.8) is 0 Å². The molecule has 1 N–H and O–H groups in total. The Hall–Kier alpha value is -3.35. The molecule has 4 aromatic rings. The maximum atomic E-state index is 13.1. The molecule has 0 atom stereocenters. The highest BCUT2D eigenvalue weighted by Crippen LogP contribution is 2.29. The maximum absolute atomic E-state index is 13.1. The van der Waals surface area contributed by atoms with Gasteiger partial charge < -0.3 is 9.73 Å². The SMILES string of the molecule is Cc1nn(-c2ccc(Cl)cc2)c(NC(=O)c2ccco2)c(-c2ccc(Cl)cc2)c1=O. The number of benzene rings is 2. The second kappa shape index (κ2) is 8.18. The highest BCUT2D eigenvalue weighted by Gasteiger charge is 2.21. The minimum atomic E-state index is -0.511. The lowest BCUT2D eigenvalue weighted by atomic mass is 10.1. The predicted octanol–water partition coefficient (Wildman–Crippen LogP) is 5.36. The van der Waals surface area contributed by atoms with Gasteiger partial charge in [0.15, 0.2) is 5.76 Å².